The molecule has 1 unspecified atom stereocenters. The van der Waals surface area contributed by atoms with Crippen LogP contribution in [0.5, 0.6) is 5.75 Å². The van der Waals surface area contributed by atoms with Crippen molar-refractivity contribution in [2.45, 2.75) is 70.6 Å². The number of alkyl halides is 3. The molecule has 1 aliphatic heterocycles. The summed E-state index contributed by atoms with van der Waals surface area (Å²) in [6.07, 6.45) is -1.33. The van der Waals surface area contributed by atoms with Crippen LogP contribution in [0.4, 0.5) is 13.2 Å². The first-order valence-electron chi connectivity index (χ1n) is 8.84. The zero-order chi connectivity index (χ0) is 19.8. The van der Waals surface area contributed by atoms with Crippen LogP contribution in [0.15, 0.2) is 23.8 Å². The van der Waals surface area contributed by atoms with Gasteiger partial charge >= 0.3 is 12.1 Å². The first-order valence-corrected chi connectivity index (χ1v) is 8.84. The second-order valence-electron chi connectivity index (χ2n) is 7.38. The minimum atomic E-state index is -4.84. The van der Waals surface area contributed by atoms with Crippen LogP contribution in [0.2, 0.25) is 0 Å². The summed E-state index contributed by atoms with van der Waals surface area (Å²) in [5.41, 5.74) is -2.59. The molecule has 1 aromatic rings. The number of fused-ring (bicyclic) bond motifs is 1. The number of ether oxygens (including phenoxy) is 1. The molecule has 1 aliphatic rings. The Hall–Kier alpha value is -1.98. The van der Waals surface area contributed by atoms with Gasteiger partial charge in [0.25, 0.3) is 0 Å². The summed E-state index contributed by atoms with van der Waals surface area (Å²) in [6.45, 7) is 7.46. The van der Waals surface area contributed by atoms with Crippen LogP contribution in [0, 0.1) is 0 Å². The monoisotopic (exact) mass is 370 g/mol. The van der Waals surface area contributed by atoms with E-state index in [9.17, 15) is 23.1 Å². The standard InChI is InChI=1S/C20H25F3O3/c1-5-7-10-18(3,4)14-9-8-13-11-15(17(24)25)19(6-2,20(21,22)23)26-16(13)12-14/h8-9,11-12H,5-7,10H2,1-4H3,(H,24,25). The predicted octanol–water partition coefficient (Wildman–Crippen LogP) is 5.73. The maximum Gasteiger partial charge on any atom is 0.432 e. The van der Waals surface area contributed by atoms with Gasteiger partial charge in [-0.3, -0.25) is 0 Å². The van der Waals surface area contributed by atoms with Crippen LogP contribution in [-0.2, 0) is 10.2 Å². The lowest BCUT2D eigenvalue weighted by Crippen LogP contribution is -2.54. The molecule has 144 valence electrons. The van der Waals surface area contributed by atoms with Crippen molar-refractivity contribution in [3.05, 3.63) is 34.9 Å². The Morgan fingerprint density at radius 2 is 1.88 bits per heavy atom. The van der Waals surface area contributed by atoms with E-state index in [4.69, 9.17) is 4.74 Å². The molecule has 1 heterocycles. The molecule has 2 rings (SSSR count). The lowest BCUT2D eigenvalue weighted by Gasteiger charge is -2.39. The van der Waals surface area contributed by atoms with E-state index in [1.807, 2.05) is 19.9 Å². The number of carbonyl (C=O) groups is 1. The van der Waals surface area contributed by atoms with E-state index in [0.29, 0.717) is 5.56 Å². The van der Waals surface area contributed by atoms with Gasteiger partial charge in [-0.2, -0.15) is 13.2 Å². The Balaban J connectivity index is 2.57. The molecule has 6 heteroatoms. The summed E-state index contributed by atoms with van der Waals surface area (Å²) in [5.74, 6) is -1.54. The SMILES string of the molecule is CCCCC(C)(C)c1ccc2c(c1)OC(CC)(C(F)(F)F)C(C(=O)O)=C2. The van der Waals surface area contributed by atoms with Gasteiger partial charge in [-0.1, -0.05) is 52.7 Å². The second-order valence-corrected chi connectivity index (χ2v) is 7.38. The molecule has 0 aliphatic carbocycles. The number of benzene rings is 1. The summed E-state index contributed by atoms with van der Waals surface area (Å²) >= 11 is 0. The molecule has 1 aromatic carbocycles. The Labute approximate surface area is 151 Å². The van der Waals surface area contributed by atoms with Crippen LogP contribution in [-0.4, -0.2) is 22.9 Å². The zero-order valence-corrected chi connectivity index (χ0v) is 15.5. The van der Waals surface area contributed by atoms with E-state index >= 15 is 0 Å². The van der Waals surface area contributed by atoms with Crippen molar-refractivity contribution in [1.29, 1.82) is 0 Å². The number of halogens is 3. The lowest BCUT2D eigenvalue weighted by molar-refractivity contribution is -0.236. The molecule has 1 atom stereocenters. The lowest BCUT2D eigenvalue weighted by atomic mass is 9.79. The van der Waals surface area contributed by atoms with Crippen molar-refractivity contribution in [2.24, 2.45) is 0 Å². The van der Waals surface area contributed by atoms with Crippen molar-refractivity contribution < 1.29 is 27.8 Å². The van der Waals surface area contributed by atoms with E-state index in [0.717, 1.165) is 30.9 Å². The number of hydrogen-bond donors (Lipinski definition) is 1. The minimum Gasteiger partial charge on any atom is -0.478 e. The fraction of sp³-hybridized carbons (Fsp3) is 0.550. The van der Waals surface area contributed by atoms with Gasteiger partial charge < -0.3 is 9.84 Å². The predicted molar refractivity (Wildman–Crippen MR) is 94.3 cm³/mol. The summed E-state index contributed by atoms with van der Waals surface area (Å²) in [7, 11) is 0. The van der Waals surface area contributed by atoms with Crippen molar-refractivity contribution in [1.82, 2.24) is 0 Å². The van der Waals surface area contributed by atoms with E-state index < -0.39 is 29.7 Å². The molecular formula is C20H25F3O3. The number of unbranched alkanes of at least 4 members (excludes halogenated alkanes) is 1. The first-order chi connectivity index (χ1) is 12.0. The van der Waals surface area contributed by atoms with Gasteiger partial charge in [-0.05, 0) is 36.0 Å². The topological polar surface area (TPSA) is 46.5 Å². The van der Waals surface area contributed by atoms with Gasteiger partial charge in [-0.25, -0.2) is 4.79 Å². The van der Waals surface area contributed by atoms with Crippen molar-refractivity contribution in [3.63, 3.8) is 0 Å². The highest BCUT2D eigenvalue weighted by Crippen LogP contribution is 2.48. The summed E-state index contributed by atoms with van der Waals surface area (Å²) in [6, 6.07) is 5.09. The van der Waals surface area contributed by atoms with Gasteiger partial charge in [-0.15, -0.1) is 0 Å². The number of rotatable bonds is 6. The number of carboxylic acids is 1. The normalized spacial score (nSPS) is 20.2. The number of aliphatic carboxylic acids is 1. The highest BCUT2D eigenvalue weighted by atomic mass is 19.4. The molecule has 26 heavy (non-hydrogen) atoms. The van der Waals surface area contributed by atoms with Crippen LogP contribution >= 0.6 is 0 Å². The molecule has 0 fully saturated rings. The average molecular weight is 370 g/mol. The van der Waals surface area contributed by atoms with Crippen molar-refractivity contribution >= 4 is 12.0 Å². The van der Waals surface area contributed by atoms with Crippen molar-refractivity contribution in [2.75, 3.05) is 0 Å². The maximum absolute atomic E-state index is 13.8. The smallest absolute Gasteiger partial charge is 0.432 e. The molecule has 1 N–H and O–H groups in total. The Morgan fingerprint density at radius 1 is 1.23 bits per heavy atom. The number of hydrogen-bond acceptors (Lipinski definition) is 2. The van der Waals surface area contributed by atoms with Gasteiger partial charge in [0, 0.05) is 5.56 Å². The third kappa shape index (κ3) is 3.46. The number of carboxylic acid groups (broad SMARTS) is 1. The highest BCUT2D eigenvalue weighted by molar-refractivity contribution is 5.96. The molecule has 3 nitrogen and oxygen atoms in total. The Morgan fingerprint density at radius 3 is 2.38 bits per heavy atom. The largest absolute Gasteiger partial charge is 0.478 e. The van der Waals surface area contributed by atoms with Gasteiger partial charge in [0.1, 0.15) is 5.75 Å². The summed E-state index contributed by atoms with van der Waals surface area (Å²) in [4.78, 5) is 11.5. The molecular weight excluding hydrogens is 345 g/mol. The molecule has 0 radical (unpaired) electrons. The molecule has 0 saturated heterocycles. The average Bonchev–Trinajstić information content (AvgIpc) is 2.56. The fourth-order valence-corrected chi connectivity index (χ4v) is 3.35. The van der Waals surface area contributed by atoms with Crippen LogP contribution in [0.1, 0.15) is 64.5 Å². The maximum atomic E-state index is 13.8. The van der Waals surface area contributed by atoms with Crippen molar-refractivity contribution in [3.8, 4) is 5.75 Å². The van der Waals surface area contributed by atoms with Crippen LogP contribution in [0.3, 0.4) is 0 Å². The van der Waals surface area contributed by atoms with Gasteiger partial charge in [0.15, 0.2) is 0 Å². The molecule has 0 saturated carbocycles. The molecule has 0 bridgehead atoms. The summed E-state index contributed by atoms with van der Waals surface area (Å²) < 4.78 is 46.7. The third-order valence-corrected chi connectivity index (χ3v) is 5.16. The molecule has 0 aromatic heterocycles. The van der Waals surface area contributed by atoms with E-state index in [1.54, 1.807) is 12.1 Å². The van der Waals surface area contributed by atoms with E-state index in [2.05, 4.69) is 6.92 Å². The fourth-order valence-electron chi connectivity index (χ4n) is 3.35. The van der Waals surface area contributed by atoms with Gasteiger partial charge in [0.2, 0.25) is 5.60 Å². The Bertz CT molecular complexity index is 720. The first kappa shape index (κ1) is 20.3. The van der Waals surface area contributed by atoms with Crippen LogP contribution < -0.4 is 4.74 Å². The summed E-state index contributed by atoms with van der Waals surface area (Å²) in [5, 5.41) is 9.33. The quantitative estimate of drug-likeness (QED) is 0.696. The van der Waals surface area contributed by atoms with Gasteiger partial charge in [0.05, 0.1) is 5.57 Å². The molecule has 0 amide bonds. The van der Waals surface area contributed by atoms with E-state index in [-0.39, 0.29) is 11.2 Å². The zero-order valence-electron chi connectivity index (χ0n) is 15.5. The van der Waals surface area contributed by atoms with Crippen LogP contribution in [0.25, 0.3) is 6.08 Å². The third-order valence-electron chi connectivity index (χ3n) is 5.16. The minimum absolute atomic E-state index is 0.0799. The highest BCUT2D eigenvalue weighted by Gasteiger charge is 2.61. The Kier molecular flexibility index (Phi) is 5.45. The van der Waals surface area contributed by atoms with E-state index in [1.165, 1.54) is 6.92 Å². The second kappa shape index (κ2) is 6.97. The molecule has 0 spiro atoms.